The van der Waals surface area contributed by atoms with Crippen LogP contribution in [0.15, 0.2) is 12.1 Å². The topological polar surface area (TPSA) is 72.2 Å². The van der Waals surface area contributed by atoms with Crippen molar-refractivity contribution in [2.45, 2.75) is 19.4 Å². The van der Waals surface area contributed by atoms with Crippen molar-refractivity contribution in [3.8, 4) is 0 Å². The first-order chi connectivity index (χ1) is 7.52. The molecule has 2 rings (SSSR count). The number of hydrogen-bond donors (Lipinski definition) is 2. The normalized spacial score (nSPS) is 25.8. The Morgan fingerprint density at radius 3 is 2.75 bits per heavy atom. The van der Waals surface area contributed by atoms with Crippen LogP contribution in [0.25, 0.3) is 0 Å². The Hall–Kier alpha value is -0.430. The standard InChI is InChI=1S/C10H16N2O2S2/c1-7-2-3-9(15-7)10(12-11)8-4-5-16(13,14)6-8/h2-3,8,10,12H,4-6,11H2,1H3. The fourth-order valence-electron chi connectivity index (χ4n) is 2.16. The van der Waals surface area contributed by atoms with Crippen molar-refractivity contribution in [2.24, 2.45) is 11.8 Å². The highest BCUT2D eigenvalue weighted by Gasteiger charge is 2.34. The average Bonchev–Trinajstić information content (AvgIpc) is 2.75. The van der Waals surface area contributed by atoms with Gasteiger partial charge in [-0.15, -0.1) is 11.3 Å². The molecular weight excluding hydrogens is 244 g/mol. The predicted molar refractivity (Wildman–Crippen MR) is 65.9 cm³/mol. The fourth-order valence-corrected chi connectivity index (χ4v) is 5.03. The van der Waals surface area contributed by atoms with Gasteiger partial charge in [0.1, 0.15) is 0 Å². The molecule has 90 valence electrons. The third-order valence-corrected chi connectivity index (χ3v) is 5.86. The summed E-state index contributed by atoms with van der Waals surface area (Å²) in [4.78, 5) is 2.35. The number of nitrogens with two attached hydrogens (primary N) is 1. The van der Waals surface area contributed by atoms with Gasteiger partial charge in [-0.25, -0.2) is 8.42 Å². The van der Waals surface area contributed by atoms with Gasteiger partial charge in [0, 0.05) is 9.75 Å². The molecule has 1 aromatic rings. The highest BCUT2D eigenvalue weighted by atomic mass is 32.2. The van der Waals surface area contributed by atoms with Crippen LogP contribution in [0.3, 0.4) is 0 Å². The third kappa shape index (κ3) is 2.45. The van der Waals surface area contributed by atoms with Crippen molar-refractivity contribution in [1.82, 2.24) is 5.43 Å². The van der Waals surface area contributed by atoms with Gasteiger partial charge in [0.15, 0.2) is 9.84 Å². The van der Waals surface area contributed by atoms with E-state index < -0.39 is 9.84 Å². The maximum absolute atomic E-state index is 11.4. The Kier molecular flexibility index (Phi) is 3.34. The minimum Gasteiger partial charge on any atom is -0.271 e. The van der Waals surface area contributed by atoms with E-state index in [-0.39, 0.29) is 17.7 Å². The number of hydrogen-bond acceptors (Lipinski definition) is 5. The summed E-state index contributed by atoms with van der Waals surface area (Å²) >= 11 is 1.67. The molecule has 2 heterocycles. The molecule has 0 spiro atoms. The first kappa shape index (κ1) is 12.0. The van der Waals surface area contributed by atoms with E-state index >= 15 is 0 Å². The zero-order valence-electron chi connectivity index (χ0n) is 9.14. The van der Waals surface area contributed by atoms with E-state index in [0.717, 1.165) is 4.88 Å². The quantitative estimate of drug-likeness (QED) is 0.628. The summed E-state index contributed by atoms with van der Waals surface area (Å²) in [6.07, 6.45) is 0.703. The van der Waals surface area contributed by atoms with E-state index in [4.69, 9.17) is 5.84 Å². The van der Waals surface area contributed by atoms with Gasteiger partial charge in [0.05, 0.1) is 17.5 Å². The molecule has 2 unspecified atom stereocenters. The molecule has 0 bridgehead atoms. The summed E-state index contributed by atoms with van der Waals surface area (Å²) in [5.41, 5.74) is 2.76. The number of thiophene rings is 1. The van der Waals surface area contributed by atoms with Gasteiger partial charge >= 0.3 is 0 Å². The second-order valence-corrected chi connectivity index (χ2v) is 7.80. The Labute approximate surface area is 99.7 Å². The molecule has 1 aliphatic heterocycles. The number of sulfone groups is 1. The highest BCUT2D eigenvalue weighted by Crippen LogP contribution is 2.34. The lowest BCUT2D eigenvalue weighted by Gasteiger charge is -2.20. The summed E-state index contributed by atoms with van der Waals surface area (Å²) < 4.78 is 22.9. The number of aryl methyl sites for hydroxylation is 1. The second kappa shape index (κ2) is 4.44. The molecular formula is C10H16N2O2S2. The largest absolute Gasteiger partial charge is 0.271 e. The van der Waals surface area contributed by atoms with E-state index in [1.54, 1.807) is 11.3 Å². The van der Waals surface area contributed by atoms with Crippen LogP contribution in [0.1, 0.15) is 22.2 Å². The van der Waals surface area contributed by atoms with Crippen molar-refractivity contribution in [3.05, 3.63) is 21.9 Å². The van der Waals surface area contributed by atoms with E-state index in [1.807, 2.05) is 19.1 Å². The maximum Gasteiger partial charge on any atom is 0.150 e. The van der Waals surface area contributed by atoms with Crippen molar-refractivity contribution in [2.75, 3.05) is 11.5 Å². The van der Waals surface area contributed by atoms with E-state index in [2.05, 4.69) is 5.43 Å². The Balaban J connectivity index is 2.18. The van der Waals surface area contributed by atoms with Gasteiger partial charge < -0.3 is 0 Å². The lowest BCUT2D eigenvalue weighted by molar-refractivity contribution is 0.405. The fraction of sp³-hybridized carbons (Fsp3) is 0.600. The molecule has 3 N–H and O–H groups in total. The predicted octanol–water partition coefficient (Wildman–Crippen LogP) is 0.996. The molecule has 0 saturated carbocycles. The minimum absolute atomic E-state index is 0.0315. The summed E-state index contributed by atoms with van der Waals surface area (Å²) in [7, 11) is -2.84. The lowest BCUT2D eigenvalue weighted by atomic mass is 9.98. The van der Waals surface area contributed by atoms with E-state index in [0.29, 0.717) is 12.2 Å². The van der Waals surface area contributed by atoms with Crippen LogP contribution in [0.5, 0.6) is 0 Å². The van der Waals surface area contributed by atoms with Crippen LogP contribution in [-0.4, -0.2) is 19.9 Å². The van der Waals surface area contributed by atoms with Crippen LogP contribution < -0.4 is 11.3 Å². The van der Waals surface area contributed by atoms with Crippen LogP contribution in [0.2, 0.25) is 0 Å². The van der Waals surface area contributed by atoms with Gasteiger partial charge in [0.25, 0.3) is 0 Å². The number of nitrogens with one attached hydrogen (secondary N) is 1. The van der Waals surface area contributed by atoms with Crippen molar-refractivity contribution in [1.29, 1.82) is 0 Å². The van der Waals surface area contributed by atoms with Crippen LogP contribution in [0.4, 0.5) is 0 Å². The molecule has 16 heavy (non-hydrogen) atoms. The Bertz CT molecular complexity index is 467. The van der Waals surface area contributed by atoms with Crippen molar-refractivity contribution >= 4 is 21.2 Å². The van der Waals surface area contributed by atoms with Crippen LogP contribution in [0, 0.1) is 12.8 Å². The Morgan fingerprint density at radius 1 is 1.56 bits per heavy atom. The van der Waals surface area contributed by atoms with Crippen LogP contribution in [-0.2, 0) is 9.84 Å². The molecule has 0 radical (unpaired) electrons. The van der Waals surface area contributed by atoms with Crippen molar-refractivity contribution in [3.63, 3.8) is 0 Å². The zero-order chi connectivity index (χ0) is 11.8. The summed E-state index contributed by atoms with van der Waals surface area (Å²) in [5, 5.41) is 0. The molecule has 2 atom stereocenters. The smallest absolute Gasteiger partial charge is 0.150 e. The van der Waals surface area contributed by atoms with Crippen LogP contribution >= 0.6 is 11.3 Å². The first-order valence-electron chi connectivity index (χ1n) is 5.25. The zero-order valence-corrected chi connectivity index (χ0v) is 10.8. The second-order valence-electron chi connectivity index (χ2n) is 4.26. The van der Waals surface area contributed by atoms with E-state index in [1.165, 1.54) is 4.88 Å². The molecule has 1 aliphatic rings. The minimum atomic E-state index is -2.84. The third-order valence-electron chi connectivity index (χ3n) is 2.99. The maximum atomic E-state index is 11.4. The number of rotatable bonds is 3. The van der Waals surface area contributed by atoms with Gasteiger partial charge in [-0.05, 0) is 31.4 Å². The molecule has 6 heteroatoms. The van der Waals surface area contributed by atoms with Crippen molar-refractivity contribution < 1.29 is 8.42 Å². The lowest BCUT2D eigenvalue weighted by Crippen LogP contribution is -2.33. The molecule has 0 aromatic carbocycles. The van der Waals surface area contributed by atoms with E-state index in [9.17, 15) is 8.42 Å². The Morgan fingerprint density at radius 2 is 2.31 bits per heavy atom. The summed E-state index contributed by atoms with van der Waals surface area (Å²) in [6, 6.07) is 4.03. The molecule has 0 amide bonds. The molecule has 0 aliphatic carbocycles. The summed E-state index contributed by atoms with van der Waals surface area (Å²) in [5.74, 6) is 6.19. The SMILES string of the molecule is Cc1ccc(C(NN)C2CCS(=O)(=O)C2)s1. The molecule has 1 saturated heterocycles. The summed E-state index contributed by atoms with van der Waals surface area (Å²) in [6.45, 7) is 2.03. The van der Waals surface area contributed by atoms with Gasteiger partial charge in [0.2, 0.25) is 0 Å². The number of hydrazine groups is 1. The monoisotopic (exact) mass is 260 g/mol. The first-order valence-corrected chi connectivity index (χ1v) is 7.88. The molecule has 1 fully saturated rings. The average molecular weight is 260 g/mol. The van der Waals surface area contributed by atoms with Gasteiger partial charge in [-0.1, -0.05) is 0 Å². The molecule has 4 nitrogen and oxygen atoms in total. The van der Waals surface area contributed by atoms with Gasteiger partial charge in [-0.2, -0.15) is 0 Å². The van der Waals surface area contributed by atoms with Gasteiger partial charge in [-0.3, -0.25) is 11.3 Å². The highest BCUT2D eigenvalue weighted by molar-refractivity contribution is 7.91. The molecule has 1 aromatic heterocycles.